The lowest BCUT2D eigenvalue weighted by Gasteiger charge is -2.16. The first-order valence-electron chi connectivity index (χ1n) is 8.89. The topological polar surface area (TPSA) is 38.8 Å². The minimum absolute atomic E-state index is 0.116. The van der Waals surface area contributed by atoms with Crippen LogP contribution in [-0.2, 0) is 4.79 Å². The molecular formula is C22H21NO3S2. The second-order valence-corrected chi connectivity index (χ2v) is 7.72. The lowest BCUT2D eigenvalue weighted by Crippen LogP contribution is -2.28. The summed E-state index contributed by atoms with van der Waals surface area (Å²) in [6.45, 7) is 8.45. The highest BCUT2D eigenvalue weighted by Gasteiger charge is 2.33. The second-order valence-electron chi connectivity index (χ2n) is 6.04. The maximum absolute atomic E-state index is 13.0. The molecule has 4 nitrogen and oxygen atoms in total. The zero-order chi connectivity index (χ0) is 20.1. The molecule has 0 atom stereocenters. The molecule has 2 aromatic rings. The second kappa shape index (κ2) is 9.08. The van der Waals surface area contributed by atoms with Gasteiger partial charge >= 0.3 is 0 Å². The van der Waals surface area contributed by atoms with Crippen LogP contribution in [0.1, 0.15) is 18.1 Å². The van der Waals surface area contributed by atoms with Gasteiger partial charge in [-0.15, -0.1) is 0 Å². The van der Waals surface area contributed by atoms with Gasteiger partial charge in [-0.1, -0.05) is 60.9 Å². The molecule has 0 aliphatic carbocycles. The van der Waals surface area contributed by atoms with Crippen molar-refractivity contribution >= 4 is 46.0 Å². The monoisotopic (exact) mass is 411 g/mol. The third-order valence-corrected chi connectivity index (χ3v) is 5.37. The van der Waals surface area contributed by atoms with E-state index < -0.39 is 0 Å². The average molecular weight is 412 g/mol. The van der Waals surface area contributed by atoms with Crippen LogP contribution < -0.4 is 14.4 Å². The van der Waals surface area contributed by atoms with Crippen molar-refractivity contribution in [1.29, 1.82) is 0 Å². The first kappa shape index (κ1) is 20.2. The van der Waals surface area contributed by atoms with E-state index in [0.717, 1.165) is 16.8 Å². The van der Waals surface area contributed by atoms with Crippen LogP contribution in [0.15, 0.2) is 60.0 Å². The van der Waals surface area contributed by atoms with E-state index in [1.54, 1.807) is 11.0 Å². The van der Waals surface area contributed by atoms with Gasteiger partial charge in [0.25, 0.3) is 5.91 Å². The van der Waals surface area contributed by atoms with E-state index in [4.69, 9.17) is 21.7 Å². The van der Waals surface area contributed by atoms with Crippen LogP contribution >= 0.6 is 24.0 Å². The van der Waals surface area contributed by atoms with Crippen molar-refractivity contribution in [2.75, 3.05) is 18.1 Å². The first-order chi connectivity index (χ1) is 13.5. The third-order valence-electron chi connectivity index (χ3n) is 4.07. The fraction of sp³-hybridized carbons (Fsp3) is 0.182. The number of ether oxygens (including phenoxy) is 2. The SMILES string of the molecule is C=CCOc1ccc(/C=C2/SC(=S)N(c3ccccc3C)C2=O)cc1OCC. The number of amides is 1. The van der Waals surface area contributed by atoms with Crippen molar-refractivity contribution in [3.63, 3.8) is 0 Å². The van der Waals surface area contributed by atoms with Crippen LogP contribution in [0.4, 0.5) is 5.69 Å². The summed E-state index contributed by atoms with van der Waals surface area (Å²) in [6.07, 6.45) is 3.51. The summed E-state index contributed by atoms with van der Waals surface area (Å²) in [4.78, 5) is 15.1. The summed E-state index contributed by atoms with van der Waals surface area (Å²) in [7, 11) is 0. The van der Waals surface area contributed by atoms with Crippen LogP contribution in [0.2, 0.25) is 0 Å². The third kappa shape index (κ3) is 4.29. The Morgan fingerprint density at radius 2 is 1.96 bits per heavy atom. The molecule has 144 valence electrons. The molecule has 0 saturated carbocycles. The number of hydrogen-bond acceptors (Lipinski definition) is 5. The largest absolute Gasteiger partial charge is 0.490 e. The number of anilines is 1. The van der Waals surface area contributed by atoms with Gasteiger partial charge in [0.1, 0.15) is 6.61 Å². The number of aryl methyl sites for hydroxylation is 1. The maximum Gasteiger partial charge on any atom is 0.270 e. The summed E-state index contributed by atoms with van der Waals surface area (Å²) in [5.41, 5.74) is 2.67. The number of carbonyl (C=O) groups is 1. The molecule has 6 heteroatoms. The molecule has 0 spiro atoms. The first-order valence-corrected chi connectivity index (χ1v) is 10.1. The number of hydrogen-bond donors (Lipinski definition) is 0. The zero-order valence-electron chi connectivity index (χ0n) is 15.8. The molecule has 0 aromatic heterocycles. The zero-order valence-corrected chi connectivity index (χ0v) is 17.4. The number of thiocarbonyl (C=S) groups is 1. The van der Waals surface area contributed by atoms with Gasteiger partial charge < -0.3 is 9.47 Å². The lowest BCUT2D eigenvalue weighted by molar-refractivity contribution is -0.113. The predicted octanol–water partition coefficient (Wildman–Crippen LogP) is 5.36. The van der Waals surface area contributed by atoms with Crippen molar-refractivity contribution in [2.24, 2.45) is 0 Å². The minimum atomic E-state index is -0.116. The van der Waals surface area contributed by atoms with Crippen molar-refractivity contribution in [3.05, 3.63) is 71.2 Å². The van der Waals surface area contributed by atoms with Crippen LogP contribution in [0, 0.1) is 6.92 Å². The molecule has 1 saturated heterocycles. The summed E-state index contributed by atoms with van der Waals surface area (Å²) < 4.78 is 11.8. The quantitative estimate of drug-likeness (QED) is 0.348. The Balaban J connectivity index is 1.90. The Morgan fingerprint density at radius 1 is 1.18 bits per heavy atom. The molecule has 1 amide bonds. The Kier molecular flexibility index (Phi) is 6.54. The molecule has 0 unspecified atom stereocenters. The average Bonchev–Trinajstić information content (AvgIpc) is 2.95. The van der Waals surface area contributed by atoms with Crippen LogP contribution in [0.5, 0.6) is 11.5 Å². The van der Waals surface area contributed by atoms with Gasteiger partial charge in [-0.3, -0.25) is 9.69 Å². The van der Waals surface area contributed by atoms with E-state index >= 15 is 0 Å². The fourth-order valence-corrected chi connectivity index (χ4v) is 4.08. The Bertz CT molecular complexity index is 953. The van der Waals surface area contributed by atoms with E-state index in [1.165, 1.54) is 11.8 Å². The van der Waals surface area contributed by atoms with E-state index in [-0.39, 0.29) is 5.91 Å². The van der Waals surface area contributed by atoms with E-state index in [0.29, 0.717) is 33.9 Å². The van der Waals surface area contributed by atoms with Gasteiger partial charge in [-0.25, -0.2) is 0 Å². The molecule has 1 aliphatic heterocycles. The number of benzene rings is 2. The van der Waals surface area contributed by atoms with E-state index in [1.807, 2.05) is 62.4 Å². The summed E-state index contributed by atoms with van der Waals surface area (Å²) in [5.74, 6) is 1.16. The van der Waals surface area contributed by atoms with Crippen LogP contribution in [0.3, 0.4) is 0 Å². The highest BCUT2D eigenvalue weighted by molar-refractivity contribution is 8.27. The molecule has 1 heterocycles. The van der Waals surface area contributed by atoms with Crippen molar-refractivity contribution < 1.29 is 14.3 Å². The molecule has 2 aromatic carbocycles. The molecular weight excluding hydrogens is 390 g/mol. The highest BCUT2D eigenvalue weighted by atomic mass is 32.2. The molecule has 1 fully saturated rings. The molecule has 0 N–H and O–H groups in total. The van der Waals surface area contributed by atoms with Crippen molar-refractivity contribution in [3.8, 4) is 11.5 Å². The van der Waals surface area contributed by atoms with Crippen molar-refractivity contribution in [2.45, 2.75) is 13.8 Å². The number of nitrogens with zero attached hydrogens (tertiary/aromatic N) is 1. The normalized spacial score (nSPS) is 15.2. The summed E-state index contributed by atoms with van der Waals surface area (Å²) in [6, 6.07) is 13.3. The van der Waals surface area contributed by atoms with Gasteiger partial charge in [0.15, 0.2) is 15.8 Å². The predicted molar refractivity (Wildman–Crippen MR) is 120 cm³/mol. The van der Waals surface area contributed by atoms with E-state index in [2.05, 4.69) is 6.58 Å². The Morgan fingerprint density at radius 3 is 2.68 bits per heavy atom. The molecule has 28 heavy (non-hydrogen) atoms. The van der Waals surface area contributed by atoms with E-state index in [9.17, 15) is 4.79 Å². The number of para-hydroxylation sites is 1. The highest BCUT2D eigenvalue weighted by Crippen LogP contribution is 2.38. The maximum atomic E-state index is 13.0. The lowest BCUT2D eigenvalue weighted by atomic mass is 10.1. The number of carbonyl (C=O) groups excluding carboxylic acids is 1. The Labute approximate surface area is 174 Å². The standard InChI is InChI=1S/C22H21NO3S2/c1-4-12-26-18-11-10-16(13-19(18)25-5-2)14-20-21(24)23(22(27)28-20)17-9-7-6-8-15(17)3/h4,6-11,13-14H,1,5,12H2,2-3H3/b20-14+. The van der Waals surface area contributed by atoms with Gasteiger partial charge in [-0.05, 0) is 49.2 Å². The molecule has 0 bridgehead atoms. The summed E-state index contributed by atoms with van der Waals surface area (Å²) in [5, 5.41) is 0. The fourth-order valence-electron chi connectivity index (χ4n) is 2.79. The minimum Gasteiger partial charge on any atom is -0.490 e. The smallest absolute Gasteiger partial charge is 0.270 e. The molecule has 0 radical (unpaired) electrons. The van der Waals surface area contributed by atoms with Crippen LogP contribution in [0.25, 0.3) is 6.08 Å². The van der Waals surface area contributed by atoms with Gasteiger partial charge in [0.05, 0.1) is 17.2 Å². The van der Waals surface area contributed by atoms with Gasteiger partial charge in [0.2, 0.25) is 0 Å². The van der Waals surface area contributed by atoms with Crippen LogP contribution in [-0.4, -0.2) is 23.4 Å². The molecule has 3 rings (SSSR count). The summed E-state index contributed by atoms with van der Waals surface area (Å²) >= 11 is 6.76. The Hall–Kier alpha value is -2.57. The number of thioether (sulfide) groups is 1. The van der Waals surface area contributed by atoms with Gasteiger partial charge in [0, 0.05) is 0 Å². The number of rotatable bonds is 7. The molecule has 1 aliphatic rings. The van der Waals surface area contributed by atoms with Crippen molar-refractivity contribution in [1.82, 2.24) is 0 Å². The van der Waals surface area contributed by atoms with Gasteiger partial charge in [-0.2, -0.15) is 0 Å².